The molecule has 1 unspecified atom stereocenters. The van der Waals surface area contributed by atoms with Gasteiger partial charge in [-0.1, -0.05) is 19.1 Å². The zero-order valence-electron chi connectivity index (χ0n) is 11.4. The van der Waals surface area contributed by atoms with Gasteiger partial charge < -0.3 is 11.1 Å². The van der Waals surface area contributed by atoms with Gasteiger partial charge in [0.25, 0.3) is 11.6 Å². The van der Waals surface area contributed by atoms with Crippen LogP contribution in [0.2, 0.25) is 0 Å². The number of anilines is 1. The van der Waals surface area contributed by atoms with Crippen molar-refractivity contribution in [2.75, 3.05) is 5.73 Å². The predicted molar refractivity (Wildman–Crippen MR) is 82.3 cm³/mol. The fraction of sp³-hybridized carbons (Fsp3) is 0.214. The first-order valence-electron chi connectivity index (χ1n) is 6.41. The number of hydrogen-bond acceptors (Lipinski definition) is 5. The summed E-state index contributed by atoms with van der Waals surface area (Å²) in [5.41, 5.74) is 5.48. The van der Waals surface area contributed by atoms with Crippen LogP contribution in [0.15, 0.2) is 35.7 Å². The van der Waals surface area contributed by atoms with Crippen LogP contribution < -0.4 is 11.1 Å². The molecule has 0 saturated carbocycles. The zero-order chi connectivity index (χ0) is 15.4. The smallest absolute Gasteiger partial charge is 0.292 e. The van der Waals surface area contributed by atoms with Crippen molar-refractivity contribution in [3.8, 4) is 0 Å². The van der Waals surface area contributed by atoms with Crippen molar-refractivity contribution in [1.29, 1.82) is 0 Å². The van der Waals surface area contributed by atoms with Gasteiger partial charge in [-0.25, -0.2) is 0 Å². The molecule has 0 fully saturated rings. The molecule has 1 aromatic carbocycles. The Balaban J connectivity index is 2.24. The predicted octanol–water partition coefficient (Wildman–Crippen LogP) is 3.12. The monoisotopic (exact) mass is 305 g/mol. The number of nitrogen functional groups attached to an aromatic ring is 1. The van der Waals surface area contributed by atoms with E-state index in [0.29, 0.717) is 0 Å². The van der Waals surface area contributed by atoms with Gasteiger partial charge in [-0.2, -0.15) is 0 Å². The molecule has 0 radical (unpaired) electrons. The molecular weight excluding hydrogens is 290 g/mol. The molecule has 0 spiro atoms. The molecule has 2 rings (SSSR count). The lowest BCUT2D eigenvalue weighted by atomic mass is 10.1. The molecule has 0 saturated heterocycles. The minimum atomic E-state index is -0.595. The second-order valence-electron chi connectivity index (χ2n) is 4.45. The number of hydrogen-bond donors (Lipinski definition) is 2. The number of carbonyl (C=O) groups is 1. The largest absolute Gasteiger partial charge is 0.393 e. The maximum Gasteiger partial charge on any atom is 0.292 e. The highest BCUT2D eigenvalue weighted by molar-refractivity contribution is 7.10. The molecular formula is C14H15N3O3S. The van der Waals surface area contributed by atoms with Crippen molar-refractivity contribution >= 4 is 28.6 Å². The molecule has 0 aliphatic carbocycles. The van der Waals surface area contributed by atoms with Gasteiger partial charge in [-0.3, -0.25) is 14.9 Å². The summed E-state index contributed by atoms with van der Waals surface area (Å²) in [4.78, 5) is 23.6. The molecule has 110 valence electrons. The van der Waals surface area contributed by atoms with Crippen LogP contribution in [0.4, 0.5) is 11.4 Å². The second-order valence-corrected chi connectivity index (χ2v) is 5.42. The fourth-order valence-electron chi connectivity index (χ4n) is 2.01. The summed E-state index contributed by atoms with van der Waals surface area (Å²) in [6, 6.07) is 7.94. The van der Waals surface area contributed by atoms with Crippen molar-refractivity contribution in [1.82, 2.24) is 5.32 Å². The van der Waals surface area contributed by atoms with Gasteiger partial charge in [0.05, 0.1) is 16.5 Å². The number of amides is 1. The lowest BCUT2D eigenvalue weighted by molar-refractivity contribution is -0.383. The number of benzene rings is 1. The Morgan fingerprint density at radius 2 is 2.19 bits per heavy atom. The lowest BCUT2D eigenvalue weighted by Crippen LogP contribution is -2.28. The Morgan fingerprint density at radius 3 is 2.76 bits per heavy atom. The standard InChI is InChI=1S/C14H15N3O3S/c1-2-10(12-7-4-8-21-12)16-14(18)9-5-3-6-11(13(9)15)17(19)20/h3-8,10H,2,15H2,1H3,(H,16,18). The van der Waals surface area contributed by atoms with Gasteiger partial charge in [0.15, 0.2) is 0 Å². The zero-order valence-corrected chi connectivity index (χ0v) is 12.2. The fourth-order valence-corrected chi connectivity index (χ4v) is 2.87. The van der Waals surface area contributed by atoms with E-state index in [4.69, 9.17) is 5.73 Å². The summed E-state index contributed by atoms with van der Waals surface area (Å²) in [5.74, 6) is -0.406. The van der Waals surface area contributed by atoms with Gasteiger partial charge in [0, 0.05) is 10.9 Å². The summed E-state index contributed by atoms with van der Waals surface area (Å²) in [7, 11) is 0. The lowest BCUT2D eigenvalue weighted by Gasteiger charge is -2.16. The number of nitro benzene ring substituents is 1. The number of rotatable bonds is 5. The third-order valence-corrected chi connectivity index (χ3v) is 4.11. The number of thiophene rings is 1. The Morgan fingerprint density at radius 1 is 1.43 bits per heavy atom. The number of para-hydroxylation sites is 1. The first-order chi connectivity index (χ1) is 10.0. The Hall–Kier alpha value is -2.41. The highest BCUT2D eigenvalue weighted by Crippen LogP contribution is 2.26. The van der Waals surface area contributed by atoms with Crippen molar-refractivity contribution in [3.63, 3.8) is 0 Å². The topological polar surface area (TPSA) is 98.3 Å². The average Bonchev–Trinajstić information content (AvgIpc) is 2.98. The van der Waals surface area contributed by atoms with Gasteiger partial charge in [0.2, 0.25) is 0 Å². The van der Waals surface area contributed by atoms with Gasteiger partial charge in [-0.05, 0) is 23.9 Å². The summed E-state index contributed by atoms with van der Waals surface area (Å²) < 4.78 is 0. The van der Waals surface area contributed by atoms with E-state index in [9.17, 15) is 14.9 Å². The third-order valence-electron chi connectivity index (χ3n) is 3.12. The Bertz CT molecular complexity index is 655. The van der Waals surface area contributed by atoms with E-state index in [-0.39, 0.29) is 23.0 Å². The molecule has 3 N–H and O–H groups in total. The maximum atomic E-state index is 12.3. The van der Waals surface area contributed by atoms with Crippen molar-refractivity contribution in [2.24, 2.45) is 0 Å². The van der Waals surface area contributed by atoms with E-state index in [2.05, 4.69) is 5.32 Å². The summed E-state index contributed by atoms with van der Waals surface area (Å²) >= 11 is 1.55. The number of carbonyl (C=O) groups excluding carboxylic acids is 1. The van der Waals surface area contributed by atoms with Gasteiger partial charge in [0.1, 0.15) is 5.69 Å². The molecule has 21 heavy (non-hydrogen) atoms. The van der Waals surface area contributed by atoms with Crippen LogP contribution in [0.1, 0.15) is 34.6 Å². The SMILES string of the molecule is CCC(NC(=O)c1cccc([N+](=O)[O-])c1N)c1cccs1. The molecule has 1 heterocycles. The number of nitrogens with one attached hydrogen (secondary N) is 1. The quantitative estimate of drug-likeness (QED) is 0.503. The van der Waals surface area contributed by atoms with Crippen LogP contribution in [-0.4, -0.2) is 10.8 Å². The minimum absolute atomic E-state index is 0.110. The van der Waals surface area contributed by atoms with Crippen LogP contribution in [0.3, 0.4) is 0 Å². The van der Waals surface area contributed by atoms with Crippen molar-refractivity contribution in [2.45, 2.75) is 19.4 Å². The maximum absolute atomic E-state index is 12.3. The number of nitrogens with two attached hydrogens (primary N) is 1. The molecule has 2 aromatic rings. The Labute approximate surface area is 125 Å². The van der Waals surface area contributed by atoms with E-state index >= 15 is 0 Å². The minimum Gasteiger partial charge on any atom is -0.393 e. The van der Waals surface area contributed by atoms with Crippen LogP contribution in [0.5, 0.6) is 0 Å². The Kier molecular flexibility index (Phi) is 4.54. The van der Waals surface area contributed by atoms with Crippen LogP contribution in [-0.2, 0) is 0 Å². The van der Waals surface area contributed by atoms with E-state index in [1.807, 2.05) is 24.4 Å². The second kappa shape index (κ2) is 6.36. The molecule has 7 heteroatoms. The van der Waals surface area contributed by atoms with Crippen LogP contribution >= 0.6 is 11.3 Å². The van der Waals surface area contributed by atoms with Crippen LogP contribution in [0, 0.1) is 10.1 Å². The van der Waals surface area contributed by atoms with Gasteiger partial charge >= 0.3 is 0 Å². The molecule has 0 aliphatic heterocycles. The first-order valence-corrected chi connectivity index (χ1v) is 7.29. The van der Waals surface area contributed by atoms with Crippen molar-refractivity contribution < 1.29 is 9.72 Å². The molecule has 0 aliphatic rings. The molecule has 6 nitrogen and oxygen atoms in total. The highest BCUT2D eigenvalue weighted by Gasteiger charge is 2.21. The van der Waals surface area contributed by atoms with Crippen LogP contribution in [0.25, 0.3) is 0 Å². The molecule has 0 bridgehead atoms. The third kappa shape index (κ3) is 3.19. The number of nitro groups is 1. The van der Waals surface area contributed by atoms with E-state index in [0.717, 1.165) is 11.3 Å². The normalized spacial score (nSPS) is 11.9. The summed E-state index contributed by atoms with van der Waals surface area (Å²) in [6.45, 7) is 1.96. The van der Waals surface area contributed by atoms with Crippen molar-refractivity contribution in [3.05, 3.63) is 56.3 Å². The summed E-state index contributed by atoms with van der Waals surface area (Å²) in [5, 5.41) is 15.7. The molecule has 1 aromatic heterocycles. The highest BCUT2D eigenvalue weighted by atomic mass is 32.1. The average molecular weight is 305 g/mol. The number of nitrogens with zero attached hydrogens (tertiary/aromatic N) is 1. The van der Waals surface area contributed by atoms with E-state index < -0.39 is 10.8 Å². The van der Waals surface area contributed by atoms with E-state index in [1.165, 1.54) is 18.2 Å². The van der Waals surface area contributed by atoms with Gasteiger partial charge in [-0.15, -0.1) is 11.3 Å². The molecule has 1 atom stereocenters. The molecule has 1 amide bonds. The van der Waals surface area contributed by atoms with E-state index in [1.54, 1.807) is 11.3 Å². The summed E-state index contributed by atoms with van der Waals surface area (Å²) in [6.07, 6.45) is 0.723. The first kappa shape index (κ1) is 15.0.